The summed E-state index contributed by atoms with van der Waals surface area (Å²) in [6.45, 7) is 0. The first kappa shape index (κ1) is 23.1. The molecule has 0 aliphatic heterocycles. The number of thiocarbonyl (C=S) groups is 1. The van der Waals surface area contributed by atoms with Crippen LogP contribution in [0.2, 0.25) is 0 Å². The first-order chi connectivity index (χ1) is 16.2. The molecule has 34 heavy (non-hydrogen) atoms. The number of hydrogen-bond donors (Lipinski definition) is 2. The second kappa shape index (κ2) is 8.86. The van der Waals surface area contributed by atoms with E-state index < -0.39 is 15.8 Å². The summed E-state index contributed by atoms with van der Waals surface area (Å²) in [4.78, 5) is 8.79. The van der Waals surface area contributed by atoms with Crippen LogP contribution < -0.4 is 10.5 Å². The number of hydrogen-bond acceptors (Lipinski definition) is 6. The minimum Gasteiger partial charge on any atom is -0.383 e. The molecule has 176 valence electrons. The zero-order valence-corrected chi connectivity index (χ0v) is 21.2. The molecule has 0 saturated heterocycles. The Hall–Kier alpha value is -2.63. The summed E-state index contributed by atoms with van der Waals surface area (Å²) in [5.74, 6) is -0.395. The lowest BCUT2D eigenvalue weighted by molar-refractivity contribution is 0.532. The quantitative estimate of drug-likeness (QED) is 0.392. The van der Waals surface area contributed by atoms with E-state index in [1.54, 1.807) is 12.1 Å². The molecule has 1 saturated carbocycles. The van der Waals surface area contributed by atoms with Crippen molar-refractivity contribution in [2.75, 3.05) is 10.5 Å². The number of halogens is 2. The fourth-order valence-corrected chi connectivity index (χ4v) is 6.78. The second-order valence-corrected chi connectivity index (χ2v) is 11.4. The standard InChI is InChI=1S/C23H21BrFN5O2S2/c24-14-6-8-19(33)20(10-14)34(31,32)29-18-7-5-13(9-17(18)25)16-11-30(15-3-1-2-4-15)23-21(16)22(26)27-12-28-23/h5-7,9-12,15,29H,1-4,8H2,(H2,26,27,28). The van der Waals surface area contributed by atoms with Gasteiger partial charge in [0.05, 0.1) is 11.1 Å². The first-order valence-corrected chi connectivity index (χ1v) is 13.5. The van der Waals surface area contributed by atoms with E-state index in [9.17, 15) is 8.42 Å². The van der Waals surface area contributed by atoms with E-state index in [4.69, 9.17) is 18.0 Å². The highest BCUT2D eigenvalue weighted by molar-refractivity contribution is 9.11. The minimum atomic E-state index is -4.05. The van der Waals surface area contributed by atoms with Gasteiger partial charge in [0.15, 0.2) is 0 Å². The van der Waals surface area contributed by atoms with E-state index in [1.807, 2.05) is 6.20 Å². The van der Waals surface area contributed by atoms with Crippen LogP contribution in [0.5, 0.6) is 0 Å². The fourth-order valence-electron chi connectivity index (χ4n) is 4.54. The Morgan fingerprint density at radius 3 is 2.74 bits per heavy atom. The molecular formula is C23H21BrFN5O2S2. The van der Waals surface area contributed by atoms with Gasteiger partial charge >= 0.3 is 0 Å². The van der Waals surface area contributed by atoms with E-state index in [1.165, 1.54) is 24.5 Å². The normalized spacial score (nSPS) is 17.2. The molecule has 2 aromatic heterocycles. The first-order valence-electron chi connectivity index (χ1n) is 10.8. The highest BCUT2D eigenvalue weighted by Gasteiger charge is 2.26. The number of nitrogen functional groups attached to an aromatic ring is 1. The summed E-state index contributed by atoms with van der Waals surface area (Å²) in [5.41, 5.74) is 8.01. The van der Waals surface area contributed by atoms with Crippen molar-refractivity contribution >= 4 is 65.6 Å². The van der Waals surface area contributed by atoms with Gasteiger partial charge in [-0.05, 0) is 36.6 Å². The van der Waals surface area contributed by atoms with Gasteiger partial charge in [0.2, 0.25) is 0 Å². The van der Waals surface area contributed by atoms with E-state index in [-0.39, 0.29) is 15.5 Å². The Bertz CT molecular complexity index is 1490. The molecule has 7 nitrogen and oxygen atoms in total. The largest absolute Gasteiger partial charge is 0.383 e. The van der Waals surface area contributed by atoms with Gasteiger partial charge in [-0.2, -0.15) is 0 Å². The van der Waals surface area contributed by atoms with E-state index in [0.717, 1.165) is 31.3 Å². The number of allylic oxidation sites excluding steroid dienone is 4. The predicted octanol–water partition coefficient (Wildman–Crippen LogP) is 5.61. The number of sulfonamides is 1. The number of nitrogens with zero attached hydrogens (tertiary/aromatic N) is 3. The fraction of sp³-hybridized carbons (Fsp3) is 0.261. The lowest BCUT2D eigenvalue weighted by atomic mass is 10.1. The summed E-state index contributed by atoms with van der Waals surface area (Å²) in [6, 6.07) is 4.66. The Balaban J connectivity index is 1.53. The molecule has 3 aromatic rings. The predicted molar refractivity (Wildman–Crippen MR) is 140 cm³/mol. The van der Waals surface area contributed by atoms with Crippen molar-refractivity contribution < 1.29 is 12.8 Å². The molecule has 1 fully saturated rings. The van der Waals surface area contributed by atoms with Crippen molar-refractivity contribution in [2.45, 2.75) is 38.1 Å². The van der Waals surface area contributed by atoms with Gasteiger partial charge < -0.3 is 10.3 Å². The van der Waals surface area contributed by atoms with Crippen LogP contribution >= 0.6 is 28.1 Å². The molecule has 1 aromatic carbocycles. The van der Waals surface area contributed by atoms with Crippen LogP contribution in [0.15, 0.2) is 52.3 Å². The van der Waals surface area contributed by atoms with Crippen molar-refractivity contribution in [1.29, 1.82) is 0 Å². The van der Waals surface area contributed by atoms with Gasteiger partial charge in [-0.15, -0.1) is 0 Å². The average Bonchev–Trinajstić information content (AvgIpc) is 3.45. The molecule has 0 amide bonds. The van der Waals surface area contributed by atoms with Crippen LogP contribution in [0.4, 0.5) is 15.9 Å². The van der Waals surface area contributed by atoms with E-state index in [0.29, 0.717) is 39.3 Å². The number of aromatic nitrogens is 3. The molecule has 5 rings (SSSR count). The lowest BCUT2D eigenvalue weighted by Crippen LogP contribution is -2.21. The van der Waals surface area contributed by atoms with Gasteiger partial charge in [0, 0.05) is 33.6 Å². The van der Waals surface area contributed by atoms with Crippen LogP contribution in [0.25, 0.3) is 22.2 Å². The highest BCUT2D eigenvalue weighted by atomic mass is 79.9. The van der Waals surface area contributed by atoms with Crippen LogP contribution in [0.1, 0.15) is 38.1 Å². The third-order valence-corrected chi connectivity index (χ3v) is 8.70. The molecule has 2 aliphatic carbocycles. The van der Waals surface area contributed by atoms with Crippen LogP contribution in [-0.2, 0) is 10.0 Å². The number of nitrogens with one attached hydrogen (secondary N) is 1. The summed E-state index contributed by atoms with van der Waals surface area (Å²) in [6.07, 6.45) is 11.3. The number of nitrogens with two attached hydrogens (primary N) is 1. The molecule has 11 heteroatoms. The molecule has 2 heterocycles. The number of fused-ring (bicyclic) bond motifs is 1. The Labute approximate surface area is 210 Å². The summed E-state index contributed by atoms with van der Waals surface area (Å²) >= 11 is 8.47. The van der Waals surface area contributed by atoms with Gasteiger partial charge in [-0.3, -0.25) is 4.72 Å². The Morgan fingerprint density at radius 1 is 1.24 bits per heavy atom. The zero-order chi connectivity index (χ0) is 24.0. The number of rotatable bonds is 5. The van der Waals surface area contributed by atoms with E-state index in [2.05, 4.69) is 35.2 Å². The number of anilines is 2. The highest BCUT2D eigenvalue weighted by Crippen LogP contribution is 2.39. The molecule has 0 atom stereocenters. The van der Waals surface area contributed by atoms with Gasteiger partial charge in [-0.25, -0.2) is 22.8 Å². The van der Waals surface area contributed by atoms with Crippen LogP contribution in [0, 0.1) is 5.82 Å². The molecule has 0 bridgehead atoms. The van der Waals surface area contributed by atoms with E-state index >= 15 is 4.39 Å². The Morgan fingerprint density at radius 2 is 2.00 bits per heavy atom. The Kier molecular flexibility index (Phi) is 6.03. The summed E-state index contributed by atoms with van der Waals surface area (Å²) in [5, 5.41) is 0.663. The van der Waals surface area contributed by atoms with Gasteiger partial charge in [0.1, 0.15) is 28.5 Å². The lowest BCUT2D eigenvalue weighted by Gasteiger charge is -2.15. The monoisotopic (exact) mass is 561 g/mol. The number of benzene rings is 1. The second-order valence-electron chi connectivity index (χ2n) is 8.37. The third kappa shape index (κ3) is 4.16. The van der Waals surface area contributed by atoms with Gasteiger partial charge in [0.25, 0.3) is 10.0 Å². The summed E-state index contributed by atoms with van der Waals surface area (Å²) < 4.78 is 45.9. The summed E-state index contributed by atoms with van der Waals surface area (Å²) in [7, 11) is -4.05. The van der Waals surface area contributed by atoms with Crippen molar-refractivity contribution in [3.05, 3.63) is 58.1 Å². The average molecular weight is 562 g/mol. The van der Waals surface area contributed by atoms with Crippen molar-refractivity contribution in [1.82, 2.24) is 14.5 Å². The molecule has 0 unspecified atom stereocenters. The maximum Gasteiger partial charge on any atom is 0.263 e. The van der Waals surface area contributed by atoms with Gasteiger partial charge in [-0.1, -0.05) is 53.1 Å². The zero-order valence-electron chi connectivity index (χ0n) is 18.0. The maximum atomic E-state index is 15.1. The molecular weight excluding hydrogens is 541 g/mol. The SMILES string of the molecule is Nc1ncnc2c1c(-c1ccc(NS(=O)(=O)C3=CC(Br)=CCC3=S)c(F)c1)cn2C1CCCC1. The van der Waals surface area contributed by atoms with Crippen LogP contribution in [0.3, 0.4) is 0 Å². The smallest absolute Gasteiger partial charge is 0.263 e. The molecule has 2 aliphatic rings. The minimum absolute atomic E-state index is 0.0510. The maximum absolute atomic E-state index is 15.1. The van der Waals surface area contributed by atoms with Crippen LogP contribution in [-0.4, -0.2) is 27.8 Å². The topological polar surface area (TPSA) is 103 Å². The molecule has 0 radical (unpaired) electrons. The van der Waals surface area contributed by atoms with Crippen molar-refractivity contribution in [2.24, 2.45) is 0 Å². The van der Waals surface area contributed by atoms with Crippen molar-refractivity contribution in [3.8, 4) is 11.1 Å². The molecule has 3 N–H and O–H groups in total. The van der Waals surface area contributed by atoms with Crippen molar-refractivity contribution in [3.63, 3.8) is 0 Å². The molecule has 0 spiro atoms. The third-order valence-electron chi connectivity index (χ3n) is 6.20.